The van der Waals surface area contributed by atoms with Crippen molar-refractivity contribution in [1.29, 1.82) is 0 Å². The van der Waals surface area contributed by atoms with E-state index in [-0.39, 0.29) is 22.2 Å². The van der Waals surface area contributed by atoms with Crippen LogP contribution in [0.25, 0.3) is 0 Å². The van der Waals surface area contributed by atoms with Gasteiger partial charge in [0.05, 0.1) is 16.3 Å². The van der Waals surface area contributed by atoms with Gasteiger partial charge >= 0.3 is 0 Å². The Morgan fingerprint density at radius 2 is 2.00 bits per heavy atom. The van der Waals surface area contributed by atoms with Crippen LogP contribution in [0.15, 0.2) is 34.1 Å². The molecule has 0 aliphatic carbocycles. The van der Waals surface area contributed by atoms with Crippen molar-refractivity contribution < 1.29 is 9.59 Å². The summed E-state index contributed by atoms with van der Waals surface area (Å²) in [7, 11) is 0. The van der Waals surface area contributed by atoms with Gasteiger partial charge in [-0.25, -0.2) is 4.98 Å². The lowest BCUT2D eigenvalue weighted by molar-refractivity contribution is -0.113. The van der Waals surface area contributed by atoms with Crippen molar-refractivity contribution in [2.75, 3.05) is 16.4 Å². The third-order valence-corrected chi connectivity index (χ3v) is 6.02. The standard InChI is InChI=1S/C14H9Cl2N5O2S3/c15-7-1-2-8(9(16)5-7)11(23)19-13-20-21-14(26-13)25-6-10(22)18-12-17-3-4-24-12/h1-5H,6H2,(H,17,18,22)(H,19,20,23). The molecule has 0 aliphatic rings. The smallest absolute Gasteiger partial charge is 0.259 e. The molecule has 0 atom stereocenters. The SMILES string of the molecule is O=C(CSc1nnc(NC(=O)c2ccc(Cl)cc2Cl)s1)Nc1nccs1. The van der Waals surface area contributed by atoms with Gasteiger partial charge in [-0.1, -0.05) is 46.3 Å². The first-order valence-electron chi connectivity index (χ1n) is 6.93. The Morgan fingerprint density at radius 3 is 2.73 bits per heavy atom. The van der Waals surface area contributed by atoms with Crippen molar-refractivity contribution in [3.05, 3.63) is 45.4 Å². The Kier molecular flexibility index (Phi) is 6.43. The molecule has 3 rings (SSSR count). The number of rotatable bonds is 6. The predicted octanol–water partition coefficient (Wildman–Crippen LogP) is 4.28. The van der Waals surface area contributed by atoms with Crippen LogP contribution in [0, 0.1) is 0 Å². The molecular formula is C14H9Cl2N5O2S3. The number of thioether (sulfide) groups is 1. The highest BCUT2D eigenvalue weighted by atomic mass is 35.5. The Morgan fingerprint density at radius 1 is 1.15 bits per heavy atom. The molecule has 0 aliphatic heterocycles. The van der Waals surface area contributed by atoms with E-state index in [4.69, 9.17) is 23.2 Å². The third-order valence-electron chi connectivity index (χ3n) is 2.81. The fourth-order valence-electron chi connectivity index (χ4n) is 1.72. The molecule has 1 aromatic carbocycles. The molecule has 3 aromatic rings. The molecule has 7 nitrogen and oxygen atoms in total. The summed E-state index contributed by atoms with van der Waals surface area (Å²) in [5, 5.41) is 16.4. The maximum atomic E-state index is 12.2. The summed E-state index contributed by atoms with van der Waals surface area (Å²) >= 11 is 15.5. The van der Waals surface area contributed by atoms with Crippen molar-refractivity contribution in [2.45, 2.75) is 4.34 Å². The quantitative estimate of drug-likeness (QED) is 0.433. The molecule has 0 spiro atoms. The monoisotopic (exact) mass is 445 g/mol. The summed E-state index contributed by atoms with van der Waals surface area (Å²) in [5.74, 6) is -0.454. The van der Waals surface area contributed by atoms with E-state index in [0.29, 0.717) is 19.6 Å². The number of hydrogen-bond donors (Lipinski definition) is 2. The Labute approximate surface area is 170 Å². The minimum Gasteiger partial charge on any atom is -0.301 e. The predicted molar refractivity (Wildman–Crippen MR) is 106 cm³/mol. The summed E-state index contributed by atoms with van der Waals surface area (Å²) in [5.41, 5.74) is 0.281. The molecule has 0 bridgehead atoms. The van der Waals surface area contributed by atoms with Gasteiger partial charge in [-0.15, -0.1) is 21.5 Å². The minimum absolute atomic E-state index is 0.158. The lowest BCUT2D eigenvalue weighted by atomic mass is 10.2. The molecule has 2 aromatic heterocycles. The second-order valence-electron chi connectivity index (χ2n) is 4.63. The first-order valence-corrected chi connectivity index (χ1v) is 10.4. The van der Waals surface area contributed by atoms with Crippen LogP contribution in [-0.2, 0) is 4.79 Å². The topological polar surface area (TPSA) is 96.9 Å². The number of nitrogens with zero attached hydrogens (tertiary/aromatic N) is 3. The number of nitrogens with one attached hydrogen (secondary N) is 2. The zero-order chi connectivity index (χ0) is 18.5. The maximum Gasteiger partial charge on any atom is 0.259 e. The zero-order valence-corrected chi connectivity index (χ0v) is 16.7. The van der Waals surface area contributed by atoms with Crippen LogP contribution in [0.5, 0.6) is 0 Å². The van der Waals surface area contributed by atoms with Gasteiger partial charge in [0, 0.05) is 16.6 Å². The first-order chi connectivity index (χ1) is 12.5. The number of benzene rings is 1. The minimum atomic E-state index is -0.416. The number of anilines is 2. The lowest BCUT2D eigenvalue weighted by Gasteiger charge is -2.03. The molecular weight excluding hydrogens is 437 g/mol. The number of amides is 2. The van der Waals surface area contributed by atoms with E-state index < -0.39 is 5.91 Å². The van der Waals surface area contributed by atoms with E-state index >= 15 is 0 Å². The molecule has 2 heterocycles. The molecule has 2 amide bonds. The van der Waals surface area contributed by atoms with Gasteiger partial charge < -0.3 is 5.32 Å². The average molecular weight is 446 g/mol. The van der Waals surface area contributed by atoms with Crippen LogP contribution in [0.4, 0.5) is 10.3 Å². The molecule has 0 saturated heterocycles. The number of aromatic nitrogens is 3. The van der Waals surface area contributed by atoms with E-state index in [0.717, 1.165) is 11.3 Å². The van der Waals surface area contributed by atoms with Gasteiger partial charge in [0.1, 0.15) is 0 Å². The fourth-order valence-corrected chi connectivity index (χ4v) is 4.31. The summed E-state index contributed by atoms with van der Waals surface area (Å²) in [6.45, 7) is 0. The molecule has 0 saturated carbocycles. The third kappa shape index (κ3) is 5.15. The molecule has 0 radical (unpaired) electrons. The van der Waals surface area contributed by atoms with Crippen LogP contribution in [0.3, 0.4) is 0 Å². The molecule has 12 heteroatoms. The van der Waals surface area contributed by atoms with Crippen LogP contribution >= 0.6 is 57.6 Å². The molecule has 26 heavy (non-hydrogen) atoms. The van der Waals surface area contributed by atoms with E-state index in [9.17, 15) is 9.59 Å². The normalized spacial score (nSPS) is 10.5. The van der Waals surface area contributed by atoms with E-state index in [1.54, 1.807) is 17.6 Å². The Bertz CT molecular complexity index is 933. The highest BCUT2D eigenvalue weighted by molar-refractivity contribution is 8.01. The van der Waals surface area contributed by atoms with E-state index in [1.807, 2.05) is 0 Å². The molecule has 134 valence electrons. The van der Waals surface area contributed by atoms with Crippen LogP contribution < -0.4 is 10.6 Å². The summed E-state index contributed by atoms with van der Waals surface area (Å²) in [4.78, 5) is 28.0. The van der Waals surface area contributed by atoms with Gasteiger partial charge in [-0.2, -0.15) is 0 Å². The average Bonchev–Trinajstić information content (AvgIpc) is 3.24. The van der Waals surface area contributed by atoms with E-state index in [2.05, 4.69) is 25.8 Å². The highest BCUT2D eigenvalue weighted by Gasteiger charge is 2.14. The van der Waals surface area contributed by atoms with Crippen molar-refractivity contribution in [1.82, 2.24) is 15.2 Å². The number of halogens is 2. The molecule has 2 N–H and O–H groups in total. The van der Waals surface area contributed by atoms with Crippen molar-refractivity contribution in [3.63, 3.8) is 0 Å². The van der Waals surface area contributed by atoms with Gasteiger partial charge in [0.25, 0.3) is 5.91 Å². The summed E-state index contributed by atoms with van der Waals surface area (Å²) in [6.07, 6.45) is 1.61. The number of carbonyl (C=O) groups excluding carboxylic acids is 2. The van der Waals surface area contributed by atoms with Crippen LogP contribution in [-0.4, -0.2) is 32.7 Å². The van der Waals surface area contributed by atoms with Crippen LogP contribution in [0.1, 0.15) is 10.4 Å². The van der Waals surface area contributed by atoms with Crippen molar-refractivity contribution >= 4 is 79.7 Å². The maximum absolute atomic E-state index is 12.2. The van der Waals surface area contributed by atoms with Gasteiger partial charge in [-0.3, -0.25) is 14.9 Å². The van der Waals surface area contributed by atoms with Crippen molar-refractivity contribution in [2.24, 2.45) is 0 Å². The number of carbonyl (C=O) groups is 2. The van der Waals surface area contributed by atoms with Gasteiger partial charge in [0.2, 0.25) is 11.0 Å². The highest BCUT2D eigenvalue weighted by Crippen LogP contribution is 2.27. The summed E-state index contributed by atoms with van der Waals surface area (Å²) in [6, 6.07) is 4.59. The second kappa shape index (κ2) is 8.78. The van der Waals surface area contributed by atoms with Gasteiger partial charge in [0.15, 0.2) is 9.47 Å². The van der Waals surface area contributed by atoms with Crippen LogP contribution in [0.2, 0.25) is 10.0 Å². The Balaban J connectivity index is 1.54. The number of hydrogen-bond acceptors (Lipinski definition) is 8. The molecule has 0 unspecified atom stereocenters. The molecule has 0 fully saturated rings. The number of thiazole rings is 1. The first kappa shape index (κ1) is 19.1. The second-order valence-corrected chi connectivity index (χ2v) is 8.56. The zero-order valence-electron chi connectivity index (χ0n) is 12.7. The largest absolute Gasteiger partial charge is 0.301 e. The van der Waals surface area contributed by atoms with Gasteiger partial charge in [-0.05, 0) is 18.2 Å². The fraction of sp³-hybridized carbons (Fsp3) is 0.0714. The van der Waals surface area contributed by atoms with E-state index in [1.165, 1.54) is 35.2 Å². The Hall–Kier alpha value is -1.72. The summed E-state index contributed by atoms with van der Waals surface area (Å²) < 4.78 is 0.553. The lowest BCUT2D eigenvalue weighted by Crippen LogP contribution is -2.13. The van der Waals surface area contributed by atoms with Crippen molar-refractivity contribution in [3.8, 4) is 0 Å².